The molecule has 140 valence electrons. The van der Waals surface area contributed by atoms with E-state index in [0.29, 0.717) is 28.6 Å². The van der Waals surface area contributed by atoms with Gasteiger partial charge in [-0.05, 0) is 71.5 Å². The first kappa shape index (κ1) is 19.1. The Kier molecular flexibility index (Phi) is 5.88. The van der Waals surface area contributed by atoms with Crippen LogP contribution >= 0.6 is 0 Å². The van der Waals surface area contributed by atoms with Crippen LogP contribution in [0.15, 0.2) is 59.5 Å². The highest BCUT2D eigenvalue weighted by Gasteiger charge is 2.12. The smallest absolute Gasteiger partial charge is 0.307 e. The third-order valence-electron chi connectivity index (χ3n) is 4.12. The Morgan fingerprint density at radius 3 is 2.41 bits per heavy atom. The lowest BCUT2D eigenvalue weighted by molar-refractivity contribution is -0.136. The molecule has 27 heavy (non-hydrogen) atoms. The molecule has 1 unspecified atom stereocenters. The van der Waals surface area contributed by atoms with Crippen molar-refractivity contribution in [3.05, 3.63) is 60.2 Å². The van der Waals surface area contributed by atoms with Crippen LogP contribution in [0.1, 0.15) is 12.5 Å². The number of hydrogen-bond donors (Lipinski definition) is 1. The van der Waals surface area contributed by atoms with Crippen molar-refractivity contribution in [2.45, 2.75) is 18.2 Å². The molecule has 0 saturated heterocycles. The van der Waals surface area contributed by atoms with Crippen molar-refractivity contribution in [1.29, 1.82) is 0 Å². The molecule has 0 heterocycles. The molecule has 1 atom stereocenters. The van der Waals surface area contributed by atoms with Crippen LogP contribution in [0.3, 0.4) is 0 Å². The van der Waals surface area contributed by atoms with E-state index in [1.165, 1.54) is 0 Å². The van der Waals surface area contributed by atoms with Crippen molar-refractivity contribution >= 4 is 27.9 Å². The minimum absolute atomic E-state index is 0.0905. The molecule has 0 spiro atoms. The molecule has 0 radical (unpaired) electrons. The zero-order valence-electron chi connectivity index (χ0n) is 15.1. The maximum absolute atomic E-state index is 11.9. The predicted molar refractivity (Wildman–Crippen MR) is 105 cm³/mol. The fraction of sp³-hybridized carbons (Fsp3) is 0.190. The summed E-state index contributed by atoms with van der Waals surface area (Å²) in [5, 5.41) is 10.8. The lowest BCUT2D eigenvalue weighted by Crippen LogP contribution is -2.03. The second-order valence-electron chi connectivity index (χ2n) is 5.96. The molecule has 3 rings (SSSR count). The molecule has 0 aliphatic rings. The van der Waals surface area contributed by atoms with Gasteiger partial charge in [-0.25, -0.2) is 0 Å². The van der Waals surface area contributed by atoms with Gasteiger partial charge >= 0.3 is 5.97 Å². The second-order valence-corrected chi connectivity index (χ2v) is 7.70. The number of carbonyl (C=O) groups is 1. The molecule has 0 saturated carbocycles. The summed E-state index contributed by atoms with van der Waals surface area (Å²) >= 11 is -1.02. The topological polar surface area (TPSA) is 78.8 Å². The van der Waals surface area contributed by atoms with Crippen molar-refractivity contribution < 1.29 is 23.9 Å². The van der Waals surface area contributed by atoms with Crippen LogP contribution in [0.2, 0.25) is 0 Å². The molecule has 0 aliphatic heterocycles. The zero-order chi connectivity index (χ0) is 19.4. The average Bonchev–Trinajstić information content (AvgIpc) is 2.67. The summed E-state index contributed by atoms with van der Waals surface area (Å²) in [5.41, 5.74) is 0.652. The fourth-order valence-electron chi connectivity index (χ4n) is 2.80. The molecule has 0 aliphatic carbocycles. The van der Waals surface area contributed by atoms with E-state index < -0.39 is 17.1 Å². The van der Waals surface area contributed by atoms with E-state index >= 15 is 0 Å². The normalized spacial score (nSPS) is 12.0. The molecule has 5 nitrogen and oxygen atoms in total. The summed E-state index contributed by atoms with van der Waals surface area (Å²) in [6.07, 6.45) is -0.0905. The highest BCUT2D eigenvalue weighted by molar-refractivity contribution is 7.91. The molecule has 0 aromatic heterocycles. The van der Waals surface area contributed by atoms with E-state index in [1.54, 1.807) is 37.4 Å². The number of methoxy groups -OCH3 is 1. The Hall–Kier alpha value is -2.70. The zero-order valence-corrected chi connectivity index (χ0v) is 15.9. The van der Waals surface area contributed by atoms with Gasteiger partial charge in [0, 0.05) is 5.39 Å². The molecule has 0 fully saturated rings. The molecule has 0 bridgehead atoms. The summed E-state index contributed by atoms with van der Waals surface area (Å²) in [4.78, 5) is 11.9. The molecule has 6 heteroatoms. The van der Waals surface area contributed by atoms with Crippen LogP contribution in [0.25, 0.3) is 10.8 Å². The number of carboxylic acid groups (broad SMARTS) is 1. The van der Waals surface area contributed by atoms with E-state index in [9.17, 15) is 9.35 Å². The van der Waals surface area contributed by atoms with E-state index in [0.717, 1.165) is 15.7 Å². The third-order valence-corrected chi connectivity index (χ3v) is 5.44. The van der Waals surface area contributed by atoms with E-state index in [1.807, 2.05) is 31.2 Å². The number of hydrogen-bond acceptors (Lipinski definition) is 4. The SMILES string of the molecule is CC[S+]([O-])c1ccc(Oc2cc(CC(=O)O)cc3ccc(OC)cc23)cc1. The maximum atomic E-state index is 11.9. The minimum atomic E-state index is -1.02. The summed E-state index contributed by atoms with van der Waals surface area (Å²) in [5.74, 6) is 1.48. The summed E-state index contributed by atoms with van der Waals surface area (Å²) in [7, 11) is 1.59. The van der Waals surface area contributed by atoms with E-state index in [4.69, 9.17) is 14.6 Å². The Bertz CT molecular complexity index is 953. The predicted octanol–water partition coefficient (Wildman–Crippen LogP) is 4.40. The largest absolute Gasteiger partial charge is 0.611 e. The highest BCUT2D eigenvalue weighted by Crippen LogP contribution is 2.34. The van der Waals surface area contributed by atoms with Gasteiger partial charge in [-0.15, -0.1) is 0 Å². The van der Waals surface area contributed by atoms with Crippen molar-refractivity contribution in [1.82, 2.24) is 0 Å². The number of rotatable bonds is 7. The molecule has 3 aromatic carbocycles. The van der Waals surface area contributed by atoms with E-state index in [2.05, 4.69) is 0 Å². The average molecular weight is 384 g/mol. The van der Waals surface area contributed by atoms with Crippen LogP contribution in [0.5, 0.6) is 17.2 Å². The standard InChI is InChI=1S/C21H20O5S/c1-3-27(24)18-8-6-16(7-9-18)26-20-11-14(12-21(22)23)10-15-4-5-17(25-2)13-19(15)20/h4-11,13H,3,12H2,1-2H3,(H,22,23). The van der Waals surface area contributed by atoms with Crippen molar-refractivity contribution in [2.75, 3.05) is 12.9 Å². The molecule has 0 amide bonds. The van der Waals surface area contributed by atoms with Gasteiger partial charge in [0.05, 0.1) is 13.5 Å². The van der Waals surface area contributed by atoms with Gasteiger partial charge in [0.1, 0.15) is 23.0 Å². The number of fused-ring (bicyclic) bond motifs is 1. The Labute approximate surface area is 160 Å². The van der Waals surface area contributed by atoms with Gasteiger partial charge in [0.25, 0.3) is 0 Å². The first-order chi connectivity index (χ1) is 13.0. The van der Waals surface area contributed by atoms with Crippen LogP contribution < -0.4 is 9.47 Å². The highest BCUT2D eigenvalue weighted by atomic mass is 32.2. The quantitative estimate of drug-likeness (QED) is 0.611. The number of ether oxygens (including phenoxy) is 2. The van der Waals surface area contributed by atoms with Crippen LogP contribution in [0.4, 0.5) is 0 Å². The first-order valence-corrected chi connectivity index (χ1v) is 9.81. The number of aliphatic carboxylic acids is 1. The molecule has 1 N–H and O–H groups in total. The van der Waals surface area contributed by atoms with Gasteiger partial charge in [-0.1, -0.05) is 12.1 Å². The maximum Gasteiger partial charge on any atom is 0.307 e. The van der Waals surface area contributed by atoms with Gasteiger partial charge in [-0.2, -0.15) is 0 Å². The van der Waals surface area contributed by atoms with Gasteiger partial charge in [0.2, 0.25) is 0 Å². The third kappa shape index (κ3) is 4.53. The second kappa shape index (κ2) is 8.33. The summed E-state index contributed by atoms with van der Waals surface area (Å²) < 4.78 is 23.2. The lowest BCUT2D eigenvalue weighted by atomic mass is 10.0. The fourth-order valence-corrected chi connectivity index (χ4v) is 3.58. The van der Waals surface area contributed by atoms with E-state index in [-0.39, 0.29) is 6.42 Å². The Morgan fingerprint density at radius 2 is 1.78 bits per heavy atom. The Morgan fingerprint density at radius 1 is 1.07 bits per heavy atom. The first-order valence-electron chi connectivity index (χ1n) is 8.49. The van der Waals surface area contributed by atoms with Crippen molar-refractivity contribution in [3.8, 4) is 17.2 Å². The van der Waals surface area contributed by atoms with Crippen molar-refractivity contribution in [3.63, 3.8) is 0 Å². The molecule has 3 aromatic rings. The van der Waals surface area contributed by atoms with Crippen LogP contribution in [-0.2, 0) is 22.4 Å². The lowest BCUT2D eigenvalue weighted by Gasteiger charge is -2.13. The van der Waals surface area contributed by atoms with Crippen LogP contribution in [0, 0.1) is 0 Å². The molecular formula is C21H20O5S. The van der Waals surface area contributed by atoms with Gasteiger partial charge in [-0.3, -0.25) is 4.79 Å². The Balaban J connectivity index is 2.01. The van der Waals surface area contributed by atoms with Gasteiger partial charge in [0.15, 0.2) is 4.90 Å². The molecular weight excluding hydrogens is 364 g/mol. The minimum Gasteiger partial charge on any atom is -0.611 e. The van der Waals surface area contributed by atoms with Crippen molar-refractivity contribution in [2.24, 2.45) is 0 Å². The number of benzene rings is 3. The summed E-state index contributed by atoms with van der Waals surface area (Å²) in [6.45, 7) is 1.87. The summed E-state index contributed by atoms with van der Waals surface area (Å²) in [6, 6.07) is 16.2. The number of carboxylic acids is 1. The van der Waals surface area contributed by atoms with Gasteiger partial charge < -0.3 is 19.1 Å². The van der Waals surface area contributed by atoms with Crippen LogP contribution in [-0.4, -0.2) is 28.5 Å². The monoisotopic (exact) mass is 384 g/mol.